The summed E-state index contributed by atoms with van der Waals surface area (Å²) < 4.78 is 25.4. The molecule has 0 aliphatic carbocycles. The Balaban J connectivity index is 1.63. The van der Waals surface area contributed by atoms with Crippen molar-refractivity contribution in [3.63, 3.8) is 0 Å². The first-order valence-corrected chi connectivity index (χ1v) is 8.56. The van der Waals surface area contributed by atoms with Gasteiger partial charge in [-0.15, -0.1) is 0 Å². The van der Waals surface area contributed by atoms with Crippen LogP contribution in [0.3, 0.4) is 0 Å². The molecule has 128 valence electrons. The van der Waals surface area contributed by atoms with Crippen LogP contribution in [0.1, 0.15) is 18.4 Å². The molecule has 1 heterocycles. The van der Waals surface area contributed by atoms with E-state index in [1.54, 1.807) is 13.1 Å². The Kier molecular flexibility index (Phi) is 7.78. The fraction of sp³-hybridized carbons (Fsp3) is 0.562. The first-order valence-electron chi connectivity index (χ1n) is 7.77. The highest BCUT2D eigenvalue weighted by Gasteiger charge is 2.15. The Hall–Kier alpha value is -1.18. The Labute approximate surface area is 144 Å². The number of ether oxygens (including phenoxy) is 2. The Morgan fingerprint density at radius 3 is 3.04 bits per heavy atom. The van der Waals surface area contributed by atoms with E-state index in [4.69, 9.17) is 9.47 Å². The van der Waals surface area contributed by atoms with Crippen molar-refractivity contribution in [2.75, 3.05) is 33.4 Å². The second-order valence-electron chi connectivity index (χ2n) is 5.30. The lowest BCUT2D eigenvalue weighted by Gasteiger charge is -2.13. The molecule has 0 bridgehead atoms. The molecular formula is C16H23BrFN3O2. The number of benzene rings is 1. The number of nitrogens with one attached hydrogen (secondary N) is 2. The molecule has 0 saturated carbocycles. The highest BCUT2D eigenvalue weighted by molar-refractivity contribution is 9.10. The largest absolute Gasteiger partial charge is 0.379 e. The van der Waals surface area contributed by atoms with Crippen LogP contribution >= 0.6 is 15.9 Å². The second-order valence-corrected chi connectivity index (χ2v) is 6.21. The molecule has 2 rings (SSSR count). The van der Waals surface area contributed by atoms with E-state index in [2.05, 4.69) is 31.6 Å². The topological polar surface area (TPSA) is 54.9 Å². The highest BCUT2D eigenvalue weighted by atomic mass is 79.9. The summed E-state index contributed by atoms with van der Waals surface area (Å²) in [6.45, 7) is 3.33. The summed E-state index contributed by atoms with van der Waals surface area (Å²) in [6.07, 6.45) is 2.10. The molecule has 7 heteroatoms. The average Bonchev–Trinajstić information content (AvgIpc) is 3.05. The lowest BCUT2D eigenvalue weighted by atomic mass is 10.2. The van der Waals surface area contributed by atoms with Crippen LogP contribution in [0.25, 0.3) is 0 Å². The van der Waals surface area contributed by atoms with Crippen molar-refractivity contribution in [2.45, 2.75) is 25.5 Å². The van der Waals surface area contributed by atoms with Crippen molar-refractivity contribution in [3.05, 3.63) is 34.1 Å². The normalized spacial score (nSPS) is 18.2. The molecule has 0 radical (unpaired) electrons. The quantitative estimate of drug-likeness (QED) is 0.428. The standard InChI is InChI=1S/C16H23BrFN3O2/c1-19-16(20-6-2-7-23-14-5-8-22-11-14)21-10-12-3-4-13(17)9-15(12)18/h3-4,9,14H,2,5-8,10-11H2,1H3,(H2,19,20,21). The summed E-state index contributed by atoms with van der Waals surface area (Å²) in [6, 6.07) is 5.02. The van der Waals surface area contributed by atoms with Gasteiger partial charge in [-0.1, -0.05) is 22.0 Å². The van der Waals surface area contributed by atoms with Crippen molar-refractivity contribution in [1.29, 1.82) is 0 Å². The minimum atomic E-state index is -0.241. The second kappa shape index (κ2) is 9.85. The molecule has 1 aliphatic heterocycles. The van der Waals surface area contributed by atoms with Gasteiger partial charge in [-0.05, 0) is 25.0 Å². The van der Waals surface area contributed by atoms with Crippen LogP contribution in [-0.4, -0.2) is 45.5 Å². The minimum Gasteiger partial charge on any atom is -0.379 e. The molecule has 0 spiro atoms. The van der Waals surface area contributed by atoms with Gasteiger partial charge < -0.3 is 20.1 Å². The molecule has 1 saturated heterocycles. The molecule has 1 atom stereocenters. The van der Waals surface area contributed by atoms with Gasteiger partial charge in [0.2, 0.25) is 0 Å². The zero-order chi connectivity index (χ0) is 16.5. The Bertz CT molecular complexity index is 522. The van der Waals surface area contributed by atoms with E-state index in [0.29, 0.717) is 31.3 Å². The summed E-state index contributed by atoms with van der Waals surface area (Å²) in [7, 11) is 1.69. The number of aliphatic imine (C=N–C) groups is 1. The predicted octanol–water partition coefficient (Wildman–Crippen LogP) is 2.45. The van der Waals surface area contributed by atoms with E-state index in [1.807, 2.05) is 6.07 Å². The molecule has 0 aromatic heterocycles. The van der Waals surface area contributed by atoms with Gasteiger partial charge in [-0.25, -0.2) is 4.39 Å². The number of hydrogen-bond donors (Lipinski definition) is 2. The molecular weight excluding hydrogens is 365 g/mol. The number of halogens is 2. The van der Waals surface area contributed by atoms with Crippen LogP contribution in [0.15, 0.2) is 27.7 Å². The van der Waals surface area contributed by atoms with Gasteiger partial charge >= 0.3 is 0 Å². The van der Waals surface area contributed by atoms with Crippen molar-refractivity contribution >= 4 is 21.9 Å². The first-order chi connectivity index (χ1) is 11.2. The van der Waals surface area contributed by atoms with Gasteiger partial charge in [0, 0.05) is 43.4 Å². The molecule has 23 heavy (non-hydrogen) atoms. The average molecular weight is 388 g/mol. The summed E-state index contributed by atoms with van der Waals surface area (Å²) in [4.78, 5) is 4.13. The van der Waals surface area contributed by atoms with E-state index >= 15 is 0 Å². The van der Waals surface area contributed by atoms with Crippen LogP contribution in [-0.2, 0) is 16.0 Å². The van der Waals surface area contributed by atoms with Crippen molar-refractivity contribution in [2.24, 2.45) is 4.99 Å². The Morgan fingerprint density at radius 2 is 2.35 bits per heavy atom. The van der Waals surface area contributed by atoms with Crippen LogP contribution in [0, 0.1) is 5.82 Å². The molecule has 5 nitrogen and oxygen atoms in total. The van der Waals surface area contributed by atoms with E-state index in [1.165, 1.54) is 6.07 Å². The fourth-order valence-electron chi connectivity index (χ4n) is 2.24. The van der Waals surface area contributed by atoms with Gasteiger partial charge in [-0.3, -0.25) is 4.99 Å². The Morgan fingerprint density at radius 1 is 1.48 bits per heavy atom. The van der Waals surface area contributed by atoms with Crippen LogP contribution in [0.2, 0.25) is 0 Å². The number of rotatable bonds is 7. The molecule has 1 fully saturated rings. The number of guanidine groups is 1. The van der Waals surface area contributed by atoms with E-state index in [0.717, 1.165) is 30.5 Å². The third-order valence-electron chi connectivity index (χ3n) is 3.54. The van der Waals surface area contributed by atoms with Crippen molar-refractivity contribution < 1.29 is 13.9 Å². The summed E-state index contributed by atoms with van der Waals surface area (Å²) in [5.41, 5.74) is 0.598. The molecule has 1 aromatic carbocycles. The van der Waals surface area contributed by atoms with Crippen LogP contribution in [0.5, 0.6) is 0 Å². The lowest BCUT2D eigenvalue weighted by molar-refractivity contribution is 0.0420. The van der Waals surface area contributed by atoms with E-state index < -0.39 is 0 Å². The maximum absolute atomic E-state index is 13.7. The minimum absolute atomic E-state index is 0.241. The van der Waals surface area contributed by atoms with Gasteiger partial charge in [0.1, 0.15) is 5.82 Å². The SMILES string of the molecule is CN=C(NCCCOC1CCOC1)NCc1ccc(Br)cc1F. The monoisotopic (exact) mass is 387 g/mol. The molecule has 2 N–H and O–H groups in total. The third kappa shape index (κ3) is 6.45. The highest BCUT2D eigenvalue weighted by Crippen LogP contribution is 2.15. The number of nitrogens with zero attached hydrogens (tertiary/aromatic N) is 1. The van der Waals surface area contributed by atoms with Crippen LogP contribution in [0.4, 0.5) is 4.39 Å². The van der Waals surface area contributed by atoms with Gasteiger partial charge in [0.15, 0.2) is 5.96 Å². The lowest BCUT2D eigenvalue weighted by Crippen LogP contribution is -2.37. The van der Waals surface area contributed by atoms with Gasteiger partial charge in [-0.2, -0.15) is 0 Å². The van der Waals surface area contributed by atoms with Gasteiger partial charge in [0.05, 0.1) is 12.7 Å². The summed E-state index contributed by atoms with van der Waals surface area (Å²) >= 11 is 3.25. The maximum atomic E-state index is 13.7. The smallest absolute Gasteiger partial charge is 0.191 e. The van der Waals surface area contributed by atoms with Gasteiger partial charge in [0.25, 0.3) is 0 Å². The van der Waals surface area contributed by atoms with Crippen molar-refractivity contribution in [1.82, 2.24) is 10.6 Å². The predicted molar refractivity (Wildman–Crippen MR) is 92.1 cm³/mol. The van der Waals surface area contributed by atoms with E-state index in [9.17, 15) is 4.39 Å². The van der Waals surface area contributed by atoms with E-state index in [-0.39, 0.29) is 11.9 Å². The zero-order valence-corrected chi connectivity index (χ0v) is 14.9. The maximum Gasteiger partial charge on any atom is 0.191 e. The first kappa shape index (κ1) is 18.2. The zero-order valence-electron chi connectivity index (χ0n) is 13.3. The fourth-order valence-corrected chi connectivity index (χ4v) is 2.57. The summed E-state index contributed by atoms with van der Waals surface area (Å²) in [5, 5.41) is 6.29. The molecule has 1 unspecified atom stereocenters. The summed E-state index contributed by atoms with van der Waals surface area (Å²) in [5.74, 6) is 0.408. The molecule has 0 amide bonds. The van der Waals surface area contributed by atoms with Crippen LogP contribution < -0.4 is 10.6 Å². The third-order valence-corrected chi connectivity index (χ3v) is 4.03. The number of hydrogen-bond acceptors (Lipinski definition) is 3. The van der Waals surface area contributed by atoms with Crippen molar-refractivity contribution in [3.8, 4) is 0 Å². The molecule has 1 aromatic rings. The molecule has 1 aliphatic rings.